The van der Waals surface area contributed by atoms with Crippen LogP contribution in [0.25, 0.3) is 15.6 Å². The summed E-state index contributed by atoms with van der Waals surface area (Å²) in [5.74, 6) is -2.75. The maximum Gasteiger partial charge on any atom is 0.277 e. The van der Waals surface area contributed by atoms with E-state index >= 15 is 0 Å². The molecule has 4 rings (SSSR count). The third kappa shape index (κ3) is 3.86. The number of nitriles is 1. The quantitative estimate of drug-likeness (QED) is 0.473. The SMILES string of the molecule is Cc1ccc(-c2cnc(-n3[nH]c(C)c([C@@H](c4ccccc4)[C@@H](C#N)C(N)=O)c3=O)s2)cc1. The van der Waals surface area contributed by atoms with Crippen molar-refractivity contribution >= 4 is 17.2 Å². The Morgan fingerprint density at radius 3 is 2.47 bits per heavy atom. The molecule has 0 aliphatic carbocycles. The van der Waals surface area contributed by atoms with Crippen molar-refractivity contribution in [1.82, 2.24) is 14.8 Å². The molecule has 2 aromatic carbocycles. The first-order chi connectivity index (χ1) is 15.4. The molecule has 2 atom stereocenters. The van der Waals surface area contributed by atoms with Gasteiger partial charge >= 0.3 is 0 Å². The van der Waals surface area contributed by atoms with Crippen LogP contribution in [0.4, 0.5) is 0 Å². The van der Waals surface area contributed by atoms with Crippen molar-refractivity contribution < 1.29 is 4.79 Å². The van der Waals surface area contributed by atoms with Crippen LogP contribution in [-0.2, 0) is 4.79 Å². The number of nitrogens with two attached hydrogens (primary N) is 1. The molecule has 8 heteroatoms. The van der Waals surface area contributed by atoms with Crippen molar-refractivity contribution in [2.45, 2.75) is 19.8 Å². The smallest absolute Gasteiger partial charge is 0.277 e. The second-order valence-electron chi connectivity index (χ2n) is 7.56. The van der Waals surface area contributed by atoms with Gasteiger partial charge in [-0.2, -0.15) is 9.94 Å². The molecule has 2 heterocycles. The molecule has 0 saturated heterocycles. The van der Waals surface area contributed by atoms with Crippen molar-refractivity contribution in [2.75, 3.05) is 0 Å². The normalized spacial score (nSPS) is 12.8. The Balaban J connectivity index is 1.82. The Morgan fingerprint density at radius 2 is 1.84 bits per heavy atom. The predicted octanol–water partition coefficient (Wildman–Crippen LogP) is 3.66. The Labute approximate surface area is 188 Å². The van der Waals surface area contributed by atoms with Gasteiger partial charge in [0, 0.05) is 23.4 Å². The number of nitrogens with zero attached hydrogens (tertiary/aromatic N) is 3. The minimum absolute atomic E-state index is 0.327. The Morgan fingerprint density at radius 1 is 1.16 bits per heavy atom. The number of aromatic amines is 1. The lowest BCUT2D eigenvalue weighted by molar-refractivity contribution is -0.120. The van der Waals surface area contributed by atoms with Crippen molar-refractivity contribution in [3.63, 3.8) is 0 Å². The number of nitrogens with one attached hydrogen (secondary N) is 1. The molecule has 0 radical (unpaired) electrons. The lowest BCUT2D eigenvalue weighted by Gasteiger charge is -2.19. The fourth-order valence-corrected chi connectivity index (χ4v) is 4.65. The summed E-state index contributed by atoms with van der Waals surface area (Å²) in [4.78, 5) is 30.9. The topological polar surface area (TPSA) is 118 Å². The molecule has 0 aliphatic heterocycles. The lowest BCUT2D eigenvalue weighted by atomic mass is 9.81. The monoisotopic (exact) mass is 443 g/mol. The van der Waals surface area contributed by atoms with Crippen LogP contribution in [0.2, 0.25) is 0 Å². The minimum Gasteiger partial charge on any atom is -0.369 e. The third-order valence-corrected chi connectivity index (χ3v) is 6.42. The van der Waals surface area contributed by atoms with Crippen LogP contribution in [-0.4, -0.2) is 20.7 Å². The van der Waals surface area contributed by atoms with Crippen molar-refractivity contribution in [1.29, 1.82) is 5.26 Å². The molecule has 7 nitrogen and oxygen atoms in total. The molecule has 32 heavy (non-hydrogen) atoms. The Hall–Kier alpha value is -3.96. The molecule has 3 N–H and O–H groups in total. The molecule has 2 aromatic heterocycles. The number of amides is 1. The summed E-state index contributed by atoms with van der Waals surface area (Å²) in [7, 11) is 0. The summed E-state index contributed by atoms with van der Waals surface area (Å²) in [6, 6.07) is 19.0. The van der Waals surface area contributed by atoms with E-state index < -0.39 is 17.7 Å². The minimum atomic E-state index is -1.19. The number of aromatic nitrogens is 3. The first-order valence-corrected chi connectivity index (χ1v) is 10.8. The molecular formula is C24H21N5O2S. The highest BCUT2D eigenvalue weighted by molar-refractivity contribution is 7.17. The van der Waals surface area contributed by atoms with Gasteiger partial charge in [0.1, 0.15) is 5.92 Å². The van der Waals surface area contributed by atoms with E-state index in [1.54, 1.807) is 37.4 Å². The van der Waals surface area contributed by atoms with Gasteiger partial charge in [0.15, 0.2) is 0 Å². The fourth-order valence-electron chi connectivity index (χ4n) is 3.77. The van der Waals surface area contributed by atoms with Gasteiger partial charge in [-0.25, -0.2) is 4.98 Å². The maximum atomic E-state index is 13.5. The average Bonchev–Trinajstić information content (AvgIpc) is 3.38. The Kier molecular flexibility index (Phi) is 5.75. The molecule has 4 aromatic rings. The van der Waals surface area contributed by atoms with Crippen LogP contribution in [0, 0.1) is 31.1 Å². The summed E-state index contributed by atoms with van der Waals surface area (Å²) in [5, 5.41) is 13.2. The Bertz CT molecular complexity index is 1360. The number of rotatable bonds is 6. The van der Waals surface area contributed by atoms with E-state index in [2.05, 4.69) is 10.1 Å². The molecule has 0 unspecified atom stereocenters. The highest BCUT2D eigenvalue weighted by atomic mass is 32.1. The van der Waals surface area contributed by atoms with E-state index in [1.807, 2.05) is 43.3 Å². The van der Waals surface area contributed by atoms with Crippen molar-refractivity contribution in [2.24, 2.45) is 11.7 Å². The first kappa shape index (κ1) is 21.3. The second-order valence-corrected chi connectivity index (χ2v) is 8.57. The molecule has 1 amide bonds. The first-order valence-electron chi connectivity index (χ1n) is 9.99. The molecule has 0 saturated carbocycles. The zero-order valence-corrected chi connectivity index (χ0v) is 18.4. The number of thiazole rings is 1. The van der Waals surface area contributed by atoms with Gasteiger partial charge < -0.3 is 5.73 Å². The van der Waals surface area contributed by atoms with Crippen LogP contribution < -0.4 is 11.3 Å². The number of carbonyl (C=O) groups is 1. The summed E-state index contributed by atoms with van der Waals surface area (Å²) in [5.41, 5.74) is 8.89. The van der Waals surface area contributed by atoms with Gasteiger partial charge in [-0.3, -0.25) is 14.7 Å². The van der Waals surface area contributed by atoms with Crippen molar-refractivity contribution in [3.8, 4) is 21.6 Å². The van der Waals surface area contributed by atoms with Gasteiger partial charge in [0.2, 0.25) is 11.0 Å². The highest BCUT2D eigenvalue weighted by Gasteiger charge is 2.34. The van der Waals surface area contributed by atoms with Crippen molar-refractivity contribution in [3.05, 3.63) is 93.5 Å². The van der Waals surface area contributed by atoms with E-state index in [4.69, 9.17) is 5.73 Å². The van der Waals surface area contributed by atoms with E-state index in [0.717, 1.165) is 16.0 Å². The van der Waals surface area contributed by atoms with Gasteiger partial charge in [0.25, 0.3) is 5.56 Å². The summed E-state index contributed by atoms with van der Waals surface area (Å²) in [6.07, 6.45) is 1.73. The summed E-state index contributed by atoms with van der Waals surface area (Å²) < 4.78 is 1.36. The standard InChI is InChI=1S/C24H21N5O2S/c1-14-8-10-16(11-9-14)19-13-27-24(32-19)29-23(31)20(15(2)28-29)21(18(12-25)22(26)30)17-6-4-3-5-7-17/h3-11,13,18,21,28H,1-2H3,(H2,26,30)/t18-,21+/m1/s1. The summed E-state index contributed by atoms with van der Waals surface area (Å²) in [6.45, 7) is 3.77. The lowest BCUT2D eigenvalue weighted by Crippen LogP contribution is -2.31. The number of hydrogen-bond acceptors (Lipinski definition) is 5. The predicted molar refractivity (Wildman–Crippen MR) is 124 cm³/mol. The van der Waals surface area contributed by atoms with Crippen LogP contribution in [0.1, 0.15) is 28.3 Å². The number of primary amides is 1. The van der Waals surface area contributed by atoms with Crippen LogP contribution in [0.5, 0.6) is 0 Å². The third-order valence-electron chi connectivity index (χ3n) is 5.39. The summed E-state index contributed by atoms with van der Waals surface area (Å²) >= 11 is 1.37. The van der Waals surface area contributed by atoms with Gasteiger partial charge in [-0.1, -0.05) is 71.5 Å². The number of benzene rings is 2. The highest BCUT2D eigenvalue weighted by Crippen LogP contribution is 2.33. The molecule has 0 spiro atoms. The molecule has 0 bridgehead atoms. The van der Waals surface area contributed by atoms with E-state index in [-0.39, 0.29) is 5.56 Å². The zero-order valence-electron chi connectivity index (χ0n) is 17.6. The fraction of sp³-hybridized carbons (Fsp3) is 0.167. The van der Waals surface area contributed by atoms with Crippen LogP contribution in [0.3, 0.4) is 0 Å². The van der Waals surface area contributed by atoms with Gasteiger partial charge in [-0.15, -0.1) is 0 Å². The molecular weight excluding hydrogens is 422 g/mol. The zero-order chi connectivity index (χ0) is 22.8. The van der Waals surface area contributed by atoms with Crippen LogP contribution in [0.15, 0.2) is 65.6 Å². The average molecular weight is 444 g/mol. The number of H-pyrrole nitrogens is 1. The maximum absolute atomic E-state index is 13.5. The molecule has 0 aliphatic rings. The van der Waals surface area contributed by atoms with Gasteiger partial charge in [0.05, 0.1) is 10.9 Å². The van der Waals surface area contributed by atoms with Gasteiger partial charge in [-0.05, 0) is 25.0 Å². The largest absolute Gasteiger partial charge is 0.369 e. The van der Waals surface area contributed by atoms with E-state index in [1.165, 1.54) is 16.0 Å². The van der Waals surface area contributed by atoms with Crippen LogP contribution >= 0.6 is 11.3 Å². The molecule has 160 valence electrons. The number of carbonyl (C=O) groups excluding carboxylic acids is 1. The molecule has 0 fully saturated rings. The second kappa shape index (κ2) is 8.65. The van der Waals surface area contributed by atoms with E-state index in [9.17, 15) is 14.9 Å². The van der Waals surface area contributed by atoms with E-state index in [0.29, 0.717) is 22.0 Å². The number of hydrogen-bond donors (Lipinski definition) is 2. The number of aryl methyl sites for hydroxylation is 2.